The first-order valence-electron chi connectivity index (χ1n) is 15.9. The Hall–Kier alpha value is -5.52. The zero-order valence-corrected chi connectivity index (χ0v) is 27.9. The molecule has 50 heavy (non-hydrogen) atoms. The fourth-order valence-electron chi connectivity index (χ4n) is 5.55. The third-order valence-corrected chi connectivity index (χ3v) is 9.03. The number of hydrogen-bond donors (Lipinski definition) is 2. The maximum absolute atomic E-state index is 14.6. The Morgan fingerprint density at radius 3 is 2.48 bits per heavy atom. The largest absolute Gasteiger partial charge is 0.494 e. The molecule has 256 valence electrons. The summed E-state index contributed by atoms with van der Waals surface area (Å²) < 4.78 is 25.6. The average Bonchev–Trinajstić information content (AvgIpc) is 3.52. The number of aliphatic hydroxyl groups is 1. The molecule has 0 bridgehead atoms. The predicted molar refractivity (Wildman–Crippen MR) is 191 cm³/mol. The number of hydrogen-bond acceptors (Lipinski definition) is 8. The molecule has 2 atom stereocenters. The highest BCUT2D eigenvalue weighted by atomic mass is 32.2. The third kappa shape index (κ3) is 8.93. The summed E-state index contributed by atoms with van der Waals surface area (Å²) in [4.78, 5) is 25.6. The minimum absolute atomic E-state index is 0.0184. The molecule has 1 amide bonds. The predicted octanol–water partition coefficient (Wildman–Crippen LogP) is 7.89. The van der Waals surface area contributed by atoms with Crippen LogP contribution in [-0.2, 0) is 28.2 Å². The Labute approximate surface area is 292 Å². The molecule has 4 aromatic carbocycles. The lowest BCUT2D eigenvalue weighted by Gasteiger charge is -2.32. The molecule has 0 spiro atoms. The van der Waals surface area contributed by atoms with Gasteiger partial charge in [-0.05, 0) is 64.2 Å². The van der Waals surface area contributed by atoms with E-state index >= 15 is 0 Å². The molecule has 2 N–H and O–H groups in total. The number of azide groups is 2. The molecule has 1 aliphatic heterocycles. The van der Waals surface area contributed by atoms with Gasteiger partial charge in [0.15, 0.2) is 11.6 Å². The van der Waals surface area contributed by atoms with Crippen LogP contribution in [0.1, 0.15) is 40.3 Å². The van der Waals surface area contributed by atoms with Gasteiger partial charge in [0.2, 0.25) is 5.90 Å². The zero-order chi connectivity index (χ0) is 35.2. The van der Waals surface area contributed by atoms with Crippen LogP contribution in [0.3, 0.4) is 0 Å². The molecular weight excluding hydrogens is 660 g/mol. The van der Waals surface area contributed by atoms with Gasteiger partial charge in [-0.25, -0.2) is 9.38 Å². The molecule has 0 aromatic heterocycles. The van der Waals surface area contributed by atoms with E-state index in [-0.39, 0.29) is 31.3 Å². The standard InChI is InChI=1S/C36H35FN8O4S/c37-29-14-10-25(11-15-29)24-50-21-18-40-35(47)36(22-27-6-1-2-7-28(27)23-41-44-38)33(31-8-3-4-9-32(31)43-45-39)49-34(42-36)26-12-16-30(17-13-26)48-20-5-19-46/h1-4,6-17,33,46H,5,18-24H2,(H,40,47)/t33-,36-/m1/s1. The minimum Gasteiger partial charge on any atom is -0.494 e. The van der Waals surface area contributed by atoms with Crippen LogP contribution in [0.4, 0.5) is 10.1 Å². The number of ether oxygens (including phenoxy) is 2. The molecule has 0 saturated carbocycles. The smallest absolute Gasteiger partial charge is 0.252 e. The van der Waals surface area contributed by atoms with Crippen molar-refractivity contribution in [3.63, 3.8) is 0 Å². The molecule has 14 heteroatoms. The topological polar surface area (TPSA) is 178 Å². The number of nitrogens with one attached hydrogen (secondary N) is 1. The number of halogens is 1. The molecule has 0 unspecified atom stereocenters. The van der Waals surface area contributed by atoms with Crippen LogP contribution >= 0.6 is 11.8 Å². The van der Waals surface area contributed by atoms with E-state index in [2.05, 4.69) is 25.4 Å². The Balaban J connectivity index is 1.53. The van der Waals surface area contributed by atoms with Crippen molar-refractivity contribution in [3.05, 3.63) is 152 Å². The van der Waals surface area contributed by atoms with Gasteiger partial charge in [0.25, 0.3) is 5.91 Å². The molecule has 4 aromatic rings. The average molecular weight is 695 g/mol. The maximum atomic E-state index is 14.6. The van der Waals surface area contributed by atoms with Gasteiger partial charge in [0.05, 0.1) is 13.2 Å². The normalized spacial score (nSPS) is 16.4. The van der Waals surface area contributed by atoms with Crippen LogP contribution < -0.4 is 10.1 Å². The first-order valence-corrected chi connectivity index (χ1v) is 17.1. The van der Waals surface area contributed by atoms with Gasteiger partial charge in [-0.1, -0.05) is 70.9 Å². The molecule has 0 saturated heterocycles. The molecule has 0 aliphatic carbocycles. The Morgan fingerprint density at radius 1 is 1.00 bits per heavy atom. The van der Waals surface area contributed by atoms with E-state index < -0.39 is 17.6 Å². The van der Waals surface area contributed by atoms with Crippen LogP contribution in [0.25, 0.3) is 20.9 Å². The van der Waals surface area contributed by atoms with Gasteiger partial charge in [0.1, 0.15) is 11.6 Å². The fourth-order valence-corrected chi connectivity index (χ4v) is 6.37. The summed E-state index contributed by atoms with van der Waals surface area (Å²) in [5, 5.41) is 19.8. The first kappa shape index (κ1) is 35.8. The zero-order valence-electron chi connectivity index (χ0n) is 27.1. The van der Waals surface area contributed by atoms with E-state index in [4.69, 9.17) is 25.1 Å². The summed E-state index contributed by atoms with van der Waals surface area (Å²) in [6.07, 6.45) is -0.452. The second kappa shape index (κ2) is 17.8. The van der Waals surface area contributed by atoms with Gasteiger partial charge >= 0.3 is 0 Å². The summed E-state index contributed by atoms with van der Waals surface area (Å²) in [5.41, 5.74) is 20.7. The lowest BCUT2D eigenvalue weighted by molar-refractivity contribution is -0.128. The van der Waals surface area contributed by atoms with E-state index in [1.165, 1.54) is 12.1 Å². The number of nitrogens with zero attached hydrogens (tertiary/aromatic N) is 7. The lowest BCUT2D eigenvalue weighted by atomic mass is 9.80. The van der Waals surface area contributed by atoms with Gasteiger partial charge < -0.3 is 19.9 Å². The van der Waals surface area contributed by atoms with E-state index in [1.807, 2.05) is 24.3 Å². The summed E-state index contributed by atoms with van der Waals surface area (Å²) in [7, 11) is 0. The molecular formula is C36H35FN8O4S. The van der Waals surface area contributed by atoms with Crippen molar-refractivity contribution < 1.29 is 23.8 Å². The third-order valence-electron chi connectivity index (χ3n) is 8.00. The van der Waals surface area contributed by atoms with E-state index in [1.54, 1.807) is 72.4 Å². The lowest BCUT2D eigenvalue weighted by Crippen LogP contribution is -2.50. The van der Waals surface area contributed by atoms with Gasteiger partial charge in [-0.15, -0.1) is 0 Å². The van der Waals surface area contributed by atoms with Gasteiger partial charge in [0, 0.05) is 64.1 Å². The number of aliphatic hydroxyl groups excluding tert-OH is 1. The van der Waals surface area contributed by atoms with E-state index in [0.717, 1.165) is 16.7 Å². The molecule has 1 aliphatic rings. The summed E-state index contributed by atoms with van der Waals surface area (Å²) in [6.45, 7) is 0.749. The van der Waals surface area contributed by atoms with Crippen molar-refractivity contribution in [1.82, 2.24) is 5.32 Å². The van der Waals surface area contributed by atoms with Crippen molar-refractivity contribution in [2.75, 3.05) is 25.5 Å². The van der Waals surface area contributed by atoms with Crippen molar-refractivity contribution in [2.45, 2.75) is 36.8 Å². The highest BCUT2D eigenvalue weighted by molar-refractivity contribution is 7.98. The quantitative estimate of drug-likeness (QED) is 0.0493. The molecule has 0 fully saturated rings. The molecule has 0 radical (unpaired) electrons. The molecule has 5 rings (SSSR count). The Morgan fingerprint density at radius 2 is 1.74 bits per heavy atom. The van der Waals surface area contributed by atoms with Gasteiger partial charge in [-0.2, -0.15) is 11.8 Å². The monoisotopic (exact) mass is 694 g/mol. The number of benzene rings is 4. The van der Waals surface area contributed by atoms with Crippen LogP contribution in [0.15, 0.2) is 112 Å². The number of carbonyl (C=O) groups is 1. The minimum atomic E-state index is -1.58. The van der Waals surface area contributed by atoms with Crippen LogP contribution in [0.5, 0.6) is 5.75 Å². The number of rotatable bonds is 17. The maximum Gasteiger partial charge on any atom is 0.252 e. The van der Waals surface area contributed by atoms with E-state index in [9.17, 15) is 14.7 Å². The number of aliphatic imine (C=N–C) groups is 1. The van der Waals surface area contributed by atoms with Crippen molar-refractivity contribution in [3.8, 4) is 5.75 Å². The van der Waals surface area contributed by atoms with Crippen LogP contribution in [-0.4, -0.2) is 48.0 Å². The Bertz CT molecular complexity index is 1900. The fraction of sp³-hybridized carbons (Fsp3) is 0.278. The number of thioether (sulfide) groups is 1. The van der Waals surface area contributed by atoms with Crippen LogP contribution in [0.2, 0.25) is 0 Å². The second-order valence-corrected chi connectivity index (χ2v) is 12.4. The highest BCUT2D eigenvalue weighted by Crippen LogP contribution is 2.45. The Kier molecular flexibility index (Phi) is 12.7. The van der Waals surface area contributed by atoms with Gasteiger partial charge in [-0.3, -0.25) is 4.79 Å². The van der Waals surface area contributed by atoms with Crippen molar-refractivity contribution in [1.29, 1.82) is 0 Å². The van der Waals surface area contributed by atoms with E-state index in [0.29, 0.717) is 53.6 Å². The van der Waals surface area contributed by atoms with Crippen LogP contribution in [0, 0.1) is 5.82 Å². The van der Waals surface area contributed by atoms with Crippen molar-refractivity contribution >= 4 is 29.3 Å². The second-order valence-electron chi connectivity index (χ2n) is 11.3. The SMILES string of the molecule is [N-]=[N+]=NCc1ccccc1C[C@@]1(C(=O)NCCSCc2ccc(F)cc2)N=C(c2ccc(OCCCO)cc2)O[C@@H]1c1ccccc1N=[N+]=[N-]. The summed E-state index contributed by atoms with van der Waals surface area (Å²) in [5.74, 6) is 1.32. The first-order chi connectivity index (χ1) is 24.5. The summed E-state index contributed by atoms with van der Waals surface area (Å²) >= 11 is 1.59. The number of amides is 1. The highest BCUT2D eigenvalue weighted by Gasteiger charge is 2.54. The molecule has 12 nitrogen and oxygen atoms in total. The van der Waals surface area contributed by atoms with Crippen molar-refractivity contribution in [2.24, 2.45) is 15.2 Å². The summed E-state index contributed by atoms with van der Waals surface area (Å²) in [6, 6.07) is 27.6. The number of carbonyl (C=O) groups excluding carboxylic acids is 1. The molecule has 1 heterocycles.